The van der Waals surface area contributed by atoms with Gasteiger partial charge in [0.1, 0.15) is 5.75 Å². The SMILES string of the molecule is CC(C)CN(CCCNC(=O)O)Sc1cccc(O)c1. The molecule has 1 amide bonds. The normalized spacial score (nSPS) is 11.0. The first-order valence-electron chi connectivity index (χ1n) is 6.66. The zero-order chi connectivity index (χ0) is 15.0. The van der Waals surface area contributed by atoms with Crippen molar-refractivity contribution in [2.24, 2.45) is 5.92 Å². The molecule has 0 saturated heterocycles. The molecule has 0 saturated carbocycles. The highest BCUT2D eigenvalue weighted by Crippen LogP contribution is 2.26. The van der Waals surface area contributed by atoms with Crippen LogP contribution in [-0.2, 0) is 0 Å². The van der Waals surface area contributed by atoms with E-state index < -0.39 is 6.09 Å². The van der Waals surface area contributed by atoms with E-state index >= 15 is 0 Å². The molecule has 1 rings (SSSR count). The van der Waals surface area contributed by atoms with Crippen molar-refractivity contribution in [1.29, 1.82) is 0 Å². The lowest BCUT2D eigenvalue weighted by Gasteiger charge is -2.23. The molecule has 5 nitrogen and oxygen atoms in total. The van der Waals surface area contributed by atoms with Crippen molar-refractivity contribution in [2.45, 2.75) is 25.2 Å². The number of amides is 1. The highest BCUT2D eigenvalue weighted by atomic mass is 32.2. The van der Waals surface area contributed by atoms with E-state index in [2.05, 4.69) is 23.5 Å². The quantitative estimate of drug-likeness (QED) is 0.508. The van der Waals surface area contributed by atoms with E-state index in [0.29, 0.717) is 12.5 Å². The van der Waals surface area contributed by atoms with E-state index in [1.165, 1.54) is 0 Å². The van der Waals surface area contributed by atoms with Gasteiger partial charge in [0, 0.05) is 24.5 Å². The number of benzene rings is 1. The third kappa shape index (κ3) is 7.25. The van der Waals surface area contributed by atoms with Gasteiger partial charge in [-0.3, -0.25) is 0 Å². The van der Waals surface area contributed by atoms with Crippen molar-refractivity contribution in [3.63, 3.8) is 0 Å². The Hall–Kier alpha value is -1.40. The lowest BCUT2D eigenvalue weighted by Crippen LogP contribution is -2.27. The zero-order valence-corrected chi connectivity index (χ0v) is 12.7. The molecule has 0 fully saturated rings. The fourth-order valence-corrected chi connectivity index (χ4v) is 2.93. The van der Waals surface area contributed by atoms with Gasteiger partial charge in [-0.05, 0) is 42.5 Å². The molecule has 0 aliphatic carbocycles. The second kappa shape index (κ2) is 8.71. The Morgan fingerprint density at radius 2 is 2.20 bits per heavy atom. The minimum atomic E-state index is -0.985. The minimum Gasteiger partial charge on any atom is -0.508 e. The Kier molecular flexibility index (Phi) is 7.25. The Labute approximate surface area is 124 Å². The number of phenolic OH excluding ortho intramolecular Hbond substituents is 1. The van der Waals surface area contributed by atoms with Crippen LogP contribution in [0.15, 0.2) is 29.2 Å². The Morgan fingerprint density at radius 1 is 1.45 bits per heavy atom. The zero-order valence-electron chi connectivity index (χ0n) is 11.9. The van der Waals surface area contributed by atoms with Gasteiger partial charge in [-0.15, -0.1) is 0 Å². The summed E-state index contributed by atoms with van der Waals surface area (Å²) in [4.78, 5) is 11.4. The second-order valence-corrected chi connectivity index (χ2v) is 6.13. The van der Waals surface area contributed by atoms with Crippen LogP contribution >= 0.6 is 11.9 Å². The summed E-state index contributed by atoms with van der Waals surface area (Å²) in [5.41, 5.74) is 0. The first-order chi connectivity index (χ1) is 9.47. The summed E-state index contributed by atoms with van der Waals surface area (Å²) < 4.78 is 2.20. The molecule has 6 heteroatoms. The molecule has 112 valence electrons. The predicted octanol–water partition coefficient (Wildman–Crippen LogP) is 3.02. The van der Waals surface area contributed by atoms with Crippen LogP contribution in [0.4, 0.5) is 4.79 Å². The lowest BCUT2D eigenvalue weighted by molar-refractivity contribution is 0.194. The van der Waals surface area contributed by atoms with Crippen LogP contribution in [0.2, 0.25) is 0 Å². The van der Waals surface area contributed by atoms with Crippen molar-refractivity contribution in [2.75, 3.05) is 19.6 Å². The van der Waals surface area contributed by atoms with Crippen LogP contribution < -0.4 is 5.32 Å². The van der Waals surface area contributed by atoms with Gasteiger partial charge < -0.3 is 15.5 Å². The van der Waals surface area contributed by atoms with Crippen molar-refractivity contribution in [1.82, 2.24) is 9.62 Å². The molecular weight excluding hydrogens is 276 g/mol. The monoisotopic (exact) mass is 298 g/mol. The summed E-state index contributed by atoms with van der Waals surface area (Å²) in [5, 5.41) is 20.4. The molecular formula is C14H22N2O3S. The maximum Gasteiger partial charge on any atom is 0.404 e. The summed E-state index contributed by atoms with van der Waals surface area (Å²) in [6.07, 6.45) is -0.230. The average molecular weight is 298 g/mol. The van der Waals surface area contributed by atoms with Gasteiger partial charge in [-0.1, -0.05) is 19.9 Å². The number of aromatic hydroxyl groups is 1. The number of hydrogen-bond donors (Lipinski definition) is 3. The van der Waals surface area contributed by atoms with Gasteiger partial charge in [0.15, 0.2) is 0 Å². The van der Waals surface area contributed by atoms with Crippen molar-refractivity contribution >= 4 is 18.0 Å². The molecule has 20 heavy (non-hydrogen) atoms. The van der Waals surface area contributed by atoms with E-state index in [1.807, 2.05) is 12.1 Å². The van der Waals surface area contributed by atoms with E-state index in [0.717, 1.165) is 24.4 Å². The largest absolute Gasteiger partial charge is 0.508 e. The van der Waals surface area contributed by atoms with Gasteiger partial charge in [-0.2, -0.15) is 0 Å². The lowest BCUT2D eigenvalue weighted by atomic mass is 10.2. The van der Waals surface area contributed by atoms with Crippen molar-refractivity contribution in [3.8, 4) is 5.75 Å². The fraction of sp³-hybridized carbons (Fsp3) is 0.500. The predicted molar refractivity (Wildman–Crippen MR) is 81.0 cm³/mol. The molecule has 0 bridgehead atoms. The third-order valence-corrected chi connectivity index (χ3v) is 3.54. The number of phenols is 1. The van der Waals surface area contributed by atoms with E-state index in [1.54, 1.807) is 24.1 Å². The van der Waals surface area contributed by atoms with Gasteiger partial charge in [0.05, 0.1) is 0 Å². The Morgan fingerprint density at radius 3 is 2.80 bits per heavy atom. The summed E-state index contributed by atoms with van der Waals surface area (Å²) in [7, 11) is 0. The number of rotatable bonds is 8. The fourth-order valence-electron chi connectivity index (χ4n) is 1.72. The Bertz CT molecular complexity index is 427. The molecule has 0 atom stereocenters. The summed E-state index contributed by atoms with van der Waals surface area (Å²) in [6, 6.07) is 7.14. The number of hydrogen-bond acceptors (Lipinski definition) is 4. The highest BCUT2D eigenvalue weighted by molar-refractivity contribution is 7.97. The molecule has 0 heterocycles. The topological polar surface area (TPSA) is 72.8 Å². The molecule has 1 aromatic rings. The number of nitrogens with zero attached hydrogens (tertiary/aromatic N) is 1. The molecule has 3 N–H and O–H groups in total. The van der Waals surface area contributed by atoms with E-state index in [4.69, 9.17) is 5.11 Å². The third-order valence-electron chi connectivity index (χ3n) is 2.48. The first-order valence-corrected chi connectivity index (χ1v) is 7.43. The summed E-state index contributed by atoms with van der Waals surface area (Å²) in [5.74, 6) is 0.777. The first kappa shape index (κ1) is 16.7. The smallest absolute Gasteiger partial charge is 0.404 e. The van der Waals surface area contributed by atoms with Crippen LogP contribution in [0.3, 0.4) is 0 Å². The highest BCUT2D eigenvalue weighted by Gasteiger charge is 2.10. The number of nitrogens with one attached hydrogen (secondary N) is 1. The van der Waals surface area contributed by atoms with Crippen molar-refractivity contribution in [3.05, 3.63) is 24.3 Å². The minimum absolute atomic E-state index is 0.257. The molecule has 0 radical (unpaired) electrons. The average Bonchev–Trinajstić information content (AvgIpc) is 2.33. The van der Waals surface area contributed by atoms with Crippen LogP contribution in [0.5, 0.6) is 5.75 Å². The van der Waals surface area contributed by atoms with Crippen LogP contribution in [0.1, 0.15) is 20.3 Å². The standard InChI is InChI=1S/C14H22N2O3S/c1-11(2)10-16(8-4-7-15-14(18)19)20-13-6-3-5-12(17)9-13/h3,5-6,9,11,15,17H,4,7-8,10H2,1-2H3,(H,18,19). The second-order valence-electron chi connectivity index (χ2n) is 4.96. The van der Waals surface area contributed by atoms with Gasteiger partial charge in [0.25, 0.3) is 0 Å². The van der Waals surface area contributed by atoms with Crippen molar-refractivity contribution < 1.29 is 15.0 Å². The molecule has 1 aromatic carbocycles. The summed E-state index contributed by atoms with van der Waals surface area (Å²) >= 11 is 1.59. The molecule has 0 aliphatic heterocycles. The van der Waals surface area contributed by atoms with E-state index in [-0.39, 0.29) is 5.75 Å². The molecule has 0 aromatic heterocycles. The Balaban J connectivity index is 2.48. The number of carbonyl (C=O) groups is 1. The molecule has 0 aliphatic rings. The summed E-state index contributed by atoms with van der Waals surface area (Å²) in [6.45, 7) is 6.44. The van der Waals surface area contributed by atoms with E-state index in [9.17, 15) is 9.90 Å². The van der Waals surface area contributed by atoms with Crippen LogP contribution in [-0.4, -0.2) is 40.2 Å². The maximum absolute atomic E-state index is 10.4. The van der Waals surface area contributed by atoms with Crippen LogP contribution in [0.25, 0.3) is 0 Å². The molecule has 0 spiro atoms. The van der Waals surface area contributed by atoms with Gasteiger partial charge >= 0.3 is 6.09 Å². The number of carboxylic acid groups (broad SMARTS) is 1. The molecule has 0 unspecified atom stereocenters. The van der Waals surface area contributed by atoms with Gasteiger partial charge in [0.2, 0.25) is 0 Å². The van der Waals surface area contributed by atoms with Crippen LogP contribution in [0, 0.1) is 5.92 Å². The van der Waals surface area contributed by atoms with Gasteiger partial charge in [-0.25, -0.2) is 9.10 Å². The maximum atomic E-state index is 10.4.